The predicted molar refractivity (Wildman–Crippen MR) is 60.7 cm³/mol. The van der Waals surface area contributed by atoms with Crippen LogP contribution < -0.4 is 21.4 Å². The summed E-state index contributed by atoms with van der Waals surface area (Å²) in [4.78, 5) is 12.0. The van der Waals surface area contributed by atoms with E-state index < -0.39 is 0 Å². The summed E-state index contributed by atoms with van der Waals surface area (Å²) in [5, 5.41) is 1.71. The molecule has 0 spiro atoms. The van der Waals surface area contributed by atoms with Crippen molar-refractivity contribution in [2.24, 2.45) is 5.84 Å². The Morgan fingerprint density at radius 2 is 1.94 bits per heavy atom. The van der Waals surface area contributed by atoms with E-state index in [0.717, 1.165) is 6.42 Å². The van der Waals surface area contributed by atoms with Gasteiger partial charge < -0.3 is 4.74 Å². The molecule has 1 aromatic heterocycles. The van der Waals surface area contributed by atoms with E-state index >= 15 is 0 Å². The van der Waals surface area contributed by atoms with Crippen LogP contribution in [-0.2, 0) is 0 Å². The quantitative estimate of drug-likeness (QED) is 0.455. The van der Waals surface area contributed by atoms with Crippen molar-refractivity contribution in [2.45, 2.75) is 13.3 Å². The van der Waals surface area contributed by atoms with E-state index in [1.165, 1.54) is 0 Å². The van der Waals surface area contributed by atoms with Gasteiger partial charge in [-0.2, -0.15) is 15.0 Å². The molecule has 8 nitrogen and oxygen atoms in total. The molecule has 0 saturated heterocycles. The highest BCUT2D eigenvalue weighted by atomic mass is 16.5. The molecule has 0 aromatic carbocycles. The Balaban J connectivity index is 2.82. The zero-order chi connectivity index (χ0) is 12.0. The summed E-state index contributed by atoms with van der Waals surface area (Å²) in [7, 11) is 3.65. The normalized spacial score (nSPS) is 10.3. The van der Waals surface area contributed by atoms with Crippen molar-refractivity contribution in [2.75, 3.05) is 31.6 Å². The molecule has 0 aliphatic carbocycles. The number of nitrogens with zero attached hydrogens (tertiary/aromatic N) is 4. The second-order valence-corrected chi connectivity index (χ2v) is 3.26. The summed E-state index contributed by atoms with van der Waals surface area (Å²) in [6, 6.07) is 0.245. The highest BCUT2D eigenvalue weighted by Crippen LogP contribution is 2.10. The number of hydrogen-bond donors (Lipinski definition) is 3. The number of hydrazine groups is 2. The molecule has 90 valence electrons. The summed E-state index contributed by atoms with van der Waals surface area (Å²) in [5.41, 5.74) is 5.25. The molecule has 1 rings (SSSR count). The molecule has 0 amide bonds. The van der Waals surface area contributed by atoms with Gasteiger partial charge in [0.25, 0.3) is 0 Å². The van der Waals surface area contributed by atoms with Gasteiger partial charge >= 0.3 is 6.01 Å². The summed E-state index contributed by atoms with van der Waals surface area (Å²) < 4.78 is 5.30. The molecule has 0 radical (unpaired) electrons. The largest absolute Gasteiger partial charge is 0.463 e. The Hall–Kier alpha value is -1.67. The van der Waals surface area contributed by atoms with Crippen molar-refractivity contribution in [3.8, 4) is 6.01 Å². The second kappa shape index (κ2) is 6.03. The molecule has 1 heterocycles. The fourth-order valence-corrected chi connectivity index (χ4v) is 0.929. The van der Waals surface area contributed by atoms with Crippen LogP contribution in [0.2, 0.25) is 0 Å². The van der Waals surface area contributed by atoms with Crippen LogP contribution in [-0.4, -0.2) is 40.7 Å². The number of nitrogens with one attached hydrogen (secondary N) is 2. The van der Waals surface area contributed by atoms with Crippen LogP contribution in [0.4, 0.5) is 11.9 Å². The number of anilines is 2. The van der Waals surface area contributed by atoms with Crippen LogP contribution in [0.5, 0.6) is 6.01 Å². The van der Waals surface area contributed by atoms with E-state index in [2.05, 4.69) is 25.8 Å². The van der Waals surface area contributed by atoms with Gasteiger partial charge in [0, 0.05) is 14.1 Å². The number of ether oxygens (including phenoxy) is 1. The first-order valence-electron chi connectivity index (χ1n) is 4.95. The molecule has 0 aliphatic rings. The first-order valence-corrected chi connectivity index (χ1v) is 4.95. The molecule has 1 aromatic rings. The number of hydrogen-bond acceptors (Lipinski definition) is 8. The lowest BCUT2D eigenvalue weighted by Crippen LogP contribution is -2.23. The third-order valence-corrected chi connectivity index (χ3v) is 1.50. The monoisotopic (exact) mass is 227 g/mol. The third kappa shape index (κ3) is 3.83. The van der Waals surface area contributed by atoms with Crippen LogP contribution >= 0.6 is 0 Å². The fraction of sp³-hybridized carbons (Fsp3) is 0.625. The van der Waals surface area contributed by atoms with Gasteiger partial charge in [-0.3, -0.25) is 10.9 Å². The summed E-state index contributed by atoms with van der Waals surface area (Å²) in [6.07, 6.45) is 0.882. The molecule has 0 bridgehead atoms. The molecule has 0 fully saturated rings. The van der Waals surface area contributed by atoms with E-state index in [1.54, 1.807) is 5.01 Å². The van der Waals surface area contributed by atoms with Gasteiger partial charge in [0.2, 0.25) is 11.9 Å². The van der Waals surface area contributed by atoms with Gasteiger partial charge in [-0.1, -0.05) is 6.92 Å². The minimum atomic E-state index is 0.245. The SMILES string of the molecule is CCCOc1nc(NN)nc(NN(C)C)n1. The summed E-state index contributed by atoms with van der Waals surface area (Å²) >= 11 is 0. The Bertz CT molecular complexity index is 330. The van der Waals surface area contributed by atoms with Crippen molar-refractivity contribution >= 4 is 11.9 Å². The van der Waals surface area contributed by atoms with E-state index in [-0.39, 0.29) is 12.0 Å². The zero-order valence-corrected chi connectivity index (χ0v) is 9.69. The van der Waals surface area contributed by atoms with Crippen LogP contribution in [0.15, 0.2) is 0 Å². The van der Waals surface area contributed by atoms with E-state index in [0.29, 0.717) is 12.6 Å². The lowest BCUT2D eigenvalue weighted by Gasteiger charge is -2.13. The maximum absolute atomic E-state index is 5.30. The van der Waals surface area contributed by atoms with Crippen molar-refractivity contribution in [3.63, 3.8) is 0 Å². The van der Waals surface area contributed by atoms with Crippen molar-refractivity contribution in [1.29, 1.82) is 0 Å². The molecule has 8 heteroatoms. The van der Waals surface area contributed by atoms with Gasteiger partial charge in [0.1, 0.15) is 0 Å². The number of rotatable bonds is 6. The molecule has 4 N–H and O–H groups in total. The Kier molecular flexibility index (Phi) is 4.67. The molecule has 16 heavy (non-hydrogen) atoms. The van der Waals surface area contributed by atoms with Crippen molar-refractivity contribution in [1.82, 2.24) is 20.0 Å². The van der Waals surface area contributed by atoms with Crippen LogP contribution in [0, 0.1) is 0 Å². The zero-order valence-electron chi connectivity index (χ0n) is 9.69. The van der Waals surface area contributed by atoms with Gasteiger partial charge in [-0.05, 0) is 6.42 Å². The lowest BCUT2D eigenvalue weighted by atomic mass is 10.5. The summed E-state index contributed by atoms with van der Waals surface area (Å²) in [5.74, 6) is 5.88. The molecule has 0 atom stereocenters. The van der Waals surface area contributed by atoms with Crippen LogP contribution in [0.1, 0.15) is 13.3 Å². The molecule has 0 aliphatic heterocycles. The molecule has 0 unspecified atom stereocenters. The smallest absolute Gasteiger partial charge is 0.323 e. The minimum absolute atomic E-state index is 0.245. The topological polar surface area (TPSA) is 101 Å². The van der Waals surface area contributed by atoms with E-state index in [4.69, 9.17) is 10.6 Å². The maximum atomic E-state index is 5.30. The van der Waals surface area contributed by atoms with Crippen LogP contribution in [0.25, 0.3) is 0 Å². The molecule has 0 saturated carbocycles. The number of nitrogen functional groups attached to an aromatic ring is 1. The Morgan fingerprint density at radius 1 is 1.25 bits per heavy atom. The van der Waals surface area contributed by atoms with E-state index in [9.17, 15) is 0 Å². The molecular formula is C8H17N7O. The van der Waals surface area contributed by atoms with Crippen LogP contribution in [0.3, 0.4) is 0 Å². The highest BCUT2D eigenvalue weighted by Gasteiger charge is 2.06. The maximum Gasteiger partial charge on any atom is 0.323 e. The van der Waals surface area contributed by atoms with Crippen molar-refractivity contribution < 1.29 is 4.74 Å². The second-order valence-electron chi connectivity index (χ2n) is 3.26. The number of aromatic nitrogens is 3. The number of nitrogens with two attached hydrogens (primary N) is 1. The third-order valence-electron chi connectivity index (χ3n) is 1.50. The van der Waals surface area contributed by atoms with Gasteiger partial charge in [0.05, 0.1) is 6.61 Å². The van der Waals surface area contributed by atoms with Crippen molar-refractivity contribution in [3.05, 3.63) is 0 Å². The average molecular weight is 227 g/mol. The van der Waals surface area contributed by atoms with Gasteiger partial charge in [-0.25, -0.2) is 10.9 Å². The summed E-state index contributed by atoms with van der Waals surface area (Å²) in [6.45, 7) is 2.55. The minimum Gasteiger partial charge on any atom is -0.463 e. The van der Waals surface area contributed by atoms with E-state index in [1.807, 2.05) is 21.0 Å². The standard InChI is InChI=1S/C8H17N7O/c1-4-5-16-8-11-6(13-9)10-7(12-8)14-15(2)3/h4-5,9H2,1-3H3,(H2,10,11,12,13,14). The van der Waals surface area contributed by atoms with Gasteiger partial charge in [-0.15, -0.1) is 0 Å². The highest BCUT2D eigenvalue weighted by molar-refractivity contribution is 5.33. The molecular weight excluding hydrogens is 210 g/mol. The Labute approximate surface area is 94.2 Å². The lowest BCUT2D eigenvalue weighted by molar-refractivity contribution is 0.291. The first-order chi connectivity index (χ1) is 7.65. The first kappa shape index (κ1) is 12.4. The predicted octanol–water partition coefficient (Wildman–Crippen LogP) is -0.165. The van der Waals surface area contributed by atoms with Gasteiger partial charge in [0.15, 0.2) is 0 Å². The Morgan fingerprint density at radius 3 is 2.50 bits per heavy atom. The fourth-order valence-electron chi connectivity index (χ4n) is 0.929. The average Bonchev–Trinajstić information content (AvgIpc) is 2.25.